The molecule has 0 saturated carbocycles. The maximum Gasteiger partial charge on any atom is 0.269 e. The third-order valence-electron chi connectivity index (χ3n) is 3.64. The molecule has 1 N–H and O–H groups in total. The van der Waals surface area contributed by atoms with Crippen LogP contribution in [0.4, 0.5) is 5.69 Å². The smallest absolute Gasteiger partial charge is 0.269 e. The van der Waals surface area contributed by atoms with Crippen LogP contribution in [0.3, 0.4) is 0 Å². The zero-order chi connectivity index (χ0) is 13.7. The van der Waals surface area contributed by atoms with E-state index in [0.717, 1.165) is 18.5 Å². The Bertz CT molecular complexity index is 466. The van der Waals surface area contributed by atoms with E-state index in [0.29, 0.717) is 0 Å². The molecular formula is C15H20N2O2. The second kappa shape index (κ2) is 6.48. The van der Waals surface area contributed by atoms with Gasteiger partial charge >= 0.3 is 0 Å². The Morgan fingerprint density at radius 1 is 1.37 bits per heavy atom. The second-order valence-corrected chi connectivity index (χ2v) is 5.03. The number of nitro benzene ring substituents is 1. The van der Waals surface area contributed by atoms with E-state index in [1.807, 2.05) is 12.1 Å². The van der Waals surface area contributed by atoms with E-state index in [1.165, 1.54) is 19.3 Å². The molecule has 1 aliphatic carbocycles. The van der Waals surface area contributed by atoms with Crippen LogP contribution in [0.5, 0.6) is 0 Å². The predicted octanol–water partition coefficient (Wildman–Crippen LogP) is 3.75. The van der Waals surface area contributed by atoms with Crippen LogP contribution < -0.4 is 5.32 Å². The van der Waals surface area contributed by atoms with Crippen LogP contribution in [0.15, 0.2) is 35.9 Å². The van der Waals surface area contributed by atoms with Gasteiger partial charge in [-0.25, -0.2) is 0 Å². The molecule has 0 saturated heterocycles. The summed E-state index contributed by atoms with van der Waals surface area (Å²) >= 11 is 0. The molecule has 19 heavy (non-hydrogen) atoms. The molecule has 102 valence electrons. The number of non-ortho nitro benzene ring substituents is 1. The molecule has 2 rings (SSSR count). The van der Waals surface area contributed by atoms with Crippen molar-refractivity contribution in [1.82, 2.24) is 5.32 Å². The Labute approximate surface area is 113 Å². The number of hydrogen-bond donors (Lipinski definition) is 1. The topological polar surface area (TPSA) is 55.2 Å². The molecule has 1 aromatic carbocycles. The fraction of sp³-hybridized carbons (Fsp3) is 0.467. The second-order valence-electron chi connectivity index (χ2n) is 5.03. The van der Waals surface area contributed by atoms with Crippen molar-refractivity contribution >= 4 is 5.69 Å². The van der Waals surface area contributed by atoms with Crippen molar-refractivity contribution in [1.29, 1.82) is 0 Å². The lowest BCUT2D eigenvalue weighted by Crippen LogP contribution is -2.20. The third kappa shape index (κ3) is 3.89. The van der Waals surface area contributed by atoms with Crippen LogP contribution in [-0.4, -0.2) is 11.5 Å². The average Bonchev–Trinajstić information content (AvgIpc) is 2.92. The number of benzene rings is 1. The summed E-state index contributed by atoms with van der Waals surface area (Å²) in [5.41, 5.74) is 2.79. The van der Waals surface area contributed by atoms with Crippen LogP contribution in [0, 0.1) is 10.1 Å². The summed E-state index contributed by atoms with van der Waals surface area (Å²) in [5, 5.41) is 14.0. The number of nitrogens with zero attached hydrogens (tertiary/aromatic N) is 1. The Morgan fingerprint density at radius 2 is 2.11 bits per heavy atom. The molecule has 4 heteroatoms. The number of hydrogen-bond acceptors (Lipinski definition) is 3. The van der Waals surface area contributed by atoms with Gasteiger partial charge in [0.15, 0.2) is 0 Å². The van der Waals surface area contributed by atoms with Gasteiger partial charge in [-0.05, 0) is 44.7 Å². The first-order valence-electron chi connectivity index (χ1n) is 6.82. The molecule has 0 aromatic heterocycles. The fourth-order valence-electron chi connectivity index (χ4n) is 2.42. The molecule has 0 heterocycles. The third-order valence-corrected chi connectivity index (χ3v) is 3.64. The van der Waals surface area contributed by atoms with Gasteiger partial charge < -0.3 is 5.32 Å². The summed E-state index contributed by atoms with van der Waals surface area (Å²) in [6, 6.07) is 7.00. The van der Waals surface area contributed by atoms with Gasteiger partial charge in [0.05, 0.1) is 4.92 Å². The molecule has 1 atom stereocenters. The van der Waals surface area contributed by atoms with Crippen molar-refractivity contribution in [3.8, 4) is 0 Å². The zero-order valence-electron chi connectivity index (χ0n) is 11.3. The quantitative estimate of drug-likeness (QED) is 0.481. The van der Waals surface area contributed by atoms with Gasteiger partial charge in [0.1, 0.15) is 0 Å². The largest absolute Gasteiger partial charge is 0.310 e. The zero-order valence-corrected chi connectivity index (χ0v) is 11.3. The number of allylic oxidation sites excluding steroid dienone is 1. The molecule has 1 aliphatic rings. The minimum Gasteiger partial charge on any atom is -0.310 e. The average molecular weight is 260 g/mol. The minimum atomic E-state index is -0.367. The van der Waals surface area contributed by atoms with E-state index in [9.17, 15) is 10.1 Å². The van der Waals surface area contributed by atoms with Crippen molar-refractivity contribution in [2.75, 3.05) is 6.54 Å². The molecule has 0 amide bonds. The summed E-state index contributed by atoms with van der Waals surface area (Å²) in [6.45, 7) is 3.05. The van der Waals surface area contributed by atoms with E-state index in [2.05, 4.69) is 18.3 Å². The molecule has 1 aromatic rings. The highest BCUT2D eigenvalue weighted by atomic mass is 16.6. The fourth-order valence-corrected chi connectivity index (χ4v) is 2.42. The van der Waals surface area contributed by atoms with Gasteiger partial charge in [0, 0.05) is 18.2 Å². The first kappa shape index (κ1) is 13.7. The SMILES string of the molecule is CC(NCCC1=CCCC1)c1ccc([N+](=O)[O-])cc1. The van der Waals surface area contributed by atoms with E-state index in [1.54, 1.807) is 17.7 Å². The summed E-state index contributed by atoms with van der Waals surface area (Å²) in [4.78, 5) is 10.2. The van der Waals surface area contributed by atoms with E-state index < -0.39 is 0 Å². The first-order chi connectivity index (χ1) is 9.16. The number of rotatable bonds is 6. The lowest BCUT2D eigenvalue weighted by atomic mass is 10.1. The van der Waals surface area contributed by atoms with Gasteiger partial charge in [-0.1, -0.05) is 23.8 Å². The molecule has 0 aliphatic heterocycles. The standard InChI is InChI=1S/C15H20N2O2/c1-12(16-11-10-13-4-2-3-5-13)14-6-8-15(9-7-14)17(18)19/h4,6-9,12,16H,2-3,5,10-11H2,1H3. The van der Waals surface area contributed by atoms with E-state index >= 15 is 0 Å². The van der Waals surface area contributed by atoms with Crippen LogP contribution in [0.25, 0.3) is 0 Å². The lowest BCUT2D eigenvalue weighted by Gasteiger charge is -2.14. The van der Waals surface area contributed by atoms with Crippen LogP contribution >= 0.6 is 0 Å². The summed E-state index contributed by atoms with van der Waals surface area (Å²) in [7, 11) is 0. The van der Waals surface area contributed by atoms with Crippen molar-refractivity contribution in [2.24, 2.45) is 0 Å². The van der Waals surface area contributed by atoms with Gasteiger partial charge in [-0.3, -0.25) is 10.1 Å². The Kier molecular flexibility index (Phi) is 4.68. The lowest BCUT2D eigenvalue weighted by molar-refractivity contribution is -0.384. The van der Waals surface area contributed by atoms with Gasteiger partial charge in [-0.2, -0.15) is 0 Å². The normalized spacial score (nSPS) is 16.2. The first-order valence-corrected chi connectivity index (χ1v) is 6.82. The van der Waals surface area contributed by atoms with Crippen molar-refractivity contribution in [3.63, 3.8) is 0 Å². The summed E-state index contributed by atoms with van der Waals surface area (Å²) < 4.78 is 0. The molecule has 4 nitrogen and oxygen atoms in total. The highest BCUT2D eigenvalue weighted by molar-refractivity contribution is 5.34. The van der Waals surface area contributed by atoms with Crippen LogP contribution in [-0.2, 0) is 0 Å². The molecule has 0 fully saturated rings. The Morgan fingerprint density at radius 3 is 2.68 bits per heavy atom. The summed E-state index contributed by atoms with van der Waals surface area (Å²) in [5.74, 6) is 0. The van der Waals surface area contributed by atoms with Crippen LogP contribution in [0.1, 0.15) is 44.2 Å². The maximum absolute atomic E-state index is 10.6. The van der Waals surface area contributed by atoms with Crippen molar-refractivity contribution < 1.29 is 4.92 Å². The van der Waals surface area contributed by atoms with Gasteiger partial charge in [-0.15, -0.1) is 0 Å². The van der Waals surface area contributed by atoms with E-state index in [-0.39, 0.29) is 16.7 Å². The molecule has 0 bridgehead atoms. The highest BCUT2D eigenvalue weighted by Crippen LogP contribution is 2.21. The molecule has 0 radical (unpaired) electrons. The minimum absolute atomic E-state index is 0.145. The number of nitrogens with one attached hydrogen (secondary N) is 1. The predicted molar refractivity (Wildman–Crippen MR) is 76.1 cm³/mol. The molecule has 1 unspecified atom stereocenters. The Hall–Kier alpha value is -1.68. The molecule has 0 spiro atoms. The maximum atomic E-state index is 10.6. The van der Waals surface area contributed by atoms with Crippen molar-refractivity contribution in [3.05, 3.63) is 51.6 Å². The summed E-state index contributed by atoms with van der Waals surface area (Å²) in [6.07, 6.45) is 7.23. The monoisotopic (exact) mass is 260 g/mol. The van der Waals surface area contributed by atoms with Gasteiger partial charge in [0.25, 0.3) is 5.69 Å². The Balaban J connectivity index is 1.81. The van der Waals surface area contributed by atoms with Gasteiger partial charge in [0.2, 0.25) is 0 Å². The van der Waals surface area contributed by atoms with Crippen molar-refractivity contribution in [2.45, 2.75) is 38.6 Å². The van der Waals surface area contributed by atoms with Crippen LogP contribution in [0.2, 0.25) is 0 Å². The number of nitro groups is 1. The van der Waals surface area contributed by atoms with E-state index in [4.69, 9.17) is 0 Å². The molecular weight excluding hydrogens is 240 g/mol. The highest BCUT2D eigenvalue weighted by Gasteiger charge is 2.09.